The molecule has 3 rings (SSSR count). The summed E-state index contributed by atoms with van der Waals surface area (Å²) in [5.74, 6) is -0.998. The van der Waals surface area contributed by atoms with Gasteiger partial charge in [0, 0.05) is 29.7 Å². The highest BCUT2D eigenvalue weighted by molar-refractivity contribution is 5.52. The van der Waals surface area contributed by atoms with E-state index >= 15 is 0 Å². The number of fused-ring (bicyclic) bond motifs is 1. The Morgan fingerprint density at radius 2 is 1.73 bits per heavy atom. The van der Waals surface area contributed by atoms with E-state index < -0.39 is 17.6 Å². The molecular formula is C15H15NO6. The zero-order valence-electron chi connectivity index (χ0n) is 11.4. The van der Waals surface area contributed by atoms with E-state index in [1.165, 1.54) is 24.3 Å². The SMILES string of the molecule is NC1(c2ccc(O)c(O)c2)Oc2cc(O)cc(O)c2CC1O. The molecule has 0 aromatic heterocycles. The monoisotopic (exact) mass is 305 g/mol. The van der Waals surface area contributed by atoms with Crippen LogP contribution < -0.4 is 10.5 Å². The molecule has 1 heterocycles. The van der Waals surface area contributed by atoms with Gasteiger partial charge in [-0.05, 0) is 18.2 Å². The molecule has 1 aliphatic rings. The minimum atomic E-state index is -1.70. The Bertz CT molecular complexity index is 747. The summed E-state index contributed by atoms with van der Waals surface area (Å²) >= 11 is 0. The fourth-order valence-corrected chi connectivity index (χ4v) is 2.53. The number of aliphatic hydroxyl groups excluding tert-OH is 1. The van der Waals surface area contributed by atoms with Gasteiger partial charge in [-0.15, -0.1) is 0 Å². The third-order valence-electron chi connectivity index (χ3n) is 3.77. The first-order valence-electron chi connectivity index (χ1n) is 6.54. The van der Waals surface area contributed by atoms with Crippen LogP contribution in [0.25, 0.3) is 0 Å². The van der Waals surface area contributed by atoms with E-state index in [-0.39, 0.29) is 35.0 Å². The van der Waals surface area contributed by atoms with Gasteiger partial charge in [-0.25, -0.2) is 0 Å². The molecule has 116 valence electrons. The molecule has 7 heteroatoms. The number of phenolic OH excluding ortho intramolecular Hbond substituents is 4. The Hall–Kier alpha value is -2.64. The fourth-order valence-electron chi connectivity index (χ4n) is 2.53. The van der Waals surface area contributed by atoms with Crippen LogP contribution in [-0.2, 0) is 12.1 Å². The van der Waals surface area contributed by atoms with Gasteiger partial charge < -0.3 is 30.3 Å². The maximum absolute atomic E-state index is 10.3. The summed E-state index contributed by atoms with van der Waals surface area (Å²) in [5, 5.41) is 48.6. The number of aromatic hydroxyl groups is 4. The van der Waals surface area contributed by atoms with Crippen LogP contribution in [0.3, 0.4) is 0 Å². The molecule has 0 amide bonds. The van der Waals surface area contributed by atoms with Crippen molar-refractivity contribution >= 4 is 0 Å². The summed E-state index contributed by atoms with van der Waals surface area (Å²) < 4.78 is 5.59. The molecule has 7 nitrogen and oxygen atoms in total. The van der Waals surface area contributed by atoms with E-state index in [9.17, 15) is 25.5 Å². The number of aliphatic hydroxyl groups is 1. The van der Waals surface area contributed by atoms with Gasteiger partial charge >= 0.3 is 0 Å². The normalized spacial score (nSPS) is 23.6. The highest BCUT2D eigenvalue weighted by Gasteiger charge is 2.44. The van der Waals surface area contributed by atoms with Gasteiger partial charge in [0.15, 0.2) is 11.5 Å². The Balaban J connectivity index is 2.09. The lowest BCUT2D eigenvalue weighted by molar-refractivity contribution is -0.0689. The molecule has 2 aromatic rings. The standard InChI is InChI=1S/C15H15NO6/c16-15(7-1-2-10(18)12(20)3-7)14(21)6-9-11(19)4-8(17)5-13(9)22-15/h1-5,14,17-21H,6,16H2. The number of hydrogen-bond donors (Lipinski definition) is 6. The molecule has 2 aromatic carbocycles. The van der Waals surface area contributed by atoms with Crippen molar-refractivity contribution in [3.05, 3.63) is 41.5 Å². The van der Waals surface area contributed by atoms with Gasteiger partial charge in [0.2, 0.25) is 5.72 Å². The summed E-state index contributed by atoms with van der Waals surface area (Å²) in [4.78, 5) is 0. The second kappa shape index (κ2) is 4.69. The molecule has 0 spiro atoms. The van der Waals surface area contributed by atoms with Crippen molar-refractivity contribution in [1.82, 2.24) is 0 Å². The van der Waals surface area contributed by atoms with Crippen molar-refractivity contribution in [2.24, 2.45) is 5.73 Å². The summed E-state index contributed by atoms with van der Waals surface area (Å²) in [6.07, 6.45) is -1.21. The number of rotatable bonds is 1. The Morgan fingerprint density at radius 1 is 1.00 bits per heavy atom. The minimum absolute atomic E-state index is 0.000412. The van der Waals surface area contributed by atoms with E-state index in [2.05, 4.69) is 0 Å². The van der Waals surface area contributed by atoms with Gasteiger partial charge in [0.05, 0.1) is 0 Å². The Morgan fingerprint density at radius 3 is 2.41 bits per heavy atom. The van der Waals surface area contributed by atoms with Gasteiger partial charge in [-0.1, -0.05) is 0 Å². The third kappa shape index (κ3) is 2.07. The maximum Gasteiger partial charge on any atom is 0.211 e. The summed E-state index contributed by atoms with van der Waals surface area (Å²) in [7, 11) is 0. The summed E-state index contributed by atoms with van der Waals surface area (Å²) in [6, 6.07) is 6.25. The summed E-state index contributed by atoms with van der Waals surface area (Å²) in [5.41, 5.74) is 5.00. The first-order chi connectivity index (χ1) is 10.3. The molecule has 0 bridgehead atoms. The number of ether oxygens (including phenoxy) is 1. The predicted octanol–water partition coefficient (Wildman–Crippen LogP) is 0.616. The van der Waals surface area contributed by atoms with Gasteiger partial charge in [0.25, 0.3) is 0 Å². The van der Waals surface area contributed by atoms with E-state index in [1.807, 2.05) is 0 Å². The number of hydrogen-bond acceptors (Lipinski definition) is 7. The molecule has 0 saturated carbocycles. The molecule has 22 heavy (non-hydrogen) atoms. The largest absolute Gasteiger partial charge is 0.508 e. The van der Waals surface area contributed by atoms with Crippen LogP contribution in [0.1, 0.15) is 11.1 Å². The van der Waals surface area contributed by atoms with Crippen molar-refractivity contribution < 1.29 is 30.3 Å². The molecule has 0 fully saturated rings. The molecule has 0 saturated heterocycles. The van der Waals surface area contributed by atoms with Crippen LogP contribution in [0.5, 0.6) is 28.7 Å². The molecule has 2 unspecified atom stereocenters. The molecule has 7 N–H and O–H groups in total. The molecule has 0 radical (unpaired) electrons. The lowest BCUT2D eigenvalue weighted by Gasteiger charge is -2.39. The summed E-state index contributed by atoms with van der Waals surface area (Å²) in [6.45, 7) is 0. The van der Waals surface area contributed by atoms with Crippen molar-refractivity contribution in [1.29, 1.82) is 0 Å². The van der Waals surface area contributed by atoms with Crippen LogP contribution >= 0.6 is 0 Å². The third-order valence-corrected chi connectivity index (χ3v) is 3.77. The topological polar surface area (TPSA) is 136 Å². The Kier molecular flexibility index (Phi) is 3.05. The second-order valence-corrected chi connectivity index (χ2v) is 5.26. The van der Waals surface area contributed by atoms with E-state index in [1.54, 1.807) is 0 Å². The number of benzene rings is 2. The quantitative estimate of drug-likeness (QED) is 0.425. The highest BCUT2D eigenvalue weighted by atomic mass is 16.5. The van der Waals surface area contributed by atoms with Crippen LogP contribution in [0.2, 0.25) is 0 Å². The van der Waals surface area contributed by atoms with Crippen molar-refractivity contribution in [2.45, 2.75) is 18.2 Å². The van der Waals surface area contributed by atoms with Gasteiger partial charge in [-0.2, -0.15) is 0 Å². The average Bonchev–Trinajstić information content (AvgIpc) is 2.44. The molecular weight excluding hydrogens is 290 g/mol. The minimum Gasteiger partial charge on any atom is -0.508 e. The highest BCUT2D eigenvalue weighted by Crippen LogP contribution is 2.43. The first-order valence-corrected chi connectivity index (χ1v) is 6.54. The van der Waals surface area contributed by atoms with E-state index in [4.69, 9.17) is 10.5 Å². The van der Waals surface area contributed by atoms with Crippen LogP contribution in [0.15, 0.2) is 30.3 Å². The Labute approximate surface area is 125 Å². The molecule has 2 atom stereocenters. The van der Waals surface area contributed by atoms with Crippen molar-refractivity contribution in [3.63, 3.8) is 0 Å². The van der Waals surface area contributed by atoms with Crippen LogP contribution in [0, 0.1) is 0 Å². The zero-order chi connectivity index (χ0) is 16.1. The zero-order valence-corrected chi connectivity index (χ0v) is 11.4. The van der Waals surface area contributed by atoms with Crippen molar-refractivity contribution in [3.8, 4) is 28.7 Å². The number of nitrogens with two attached hydrogens (primary N) is 1. The van der Waals surface area contributed by atoms with E-state index in [0.717, 1.165) is 6.07 Å². The van der Waals surface area contributed by atoms with Gasteiger partial charge in [0.1, 0.15) is 23.4 Å². The smallest absolute Gasteiger partial charge is 0.211 e. The van der Waals surface area contributed by atoms with Crippen molar-refractivity contribution in [2.75, 3.05) is 0 Å². The number of phenols is 4. The lowest BCUT2D eigenvalue weighted by atomic mass is 9.89. The molecule has 1 aliphatic heterocycles. The predicted molar refractivity (Wildman–Crippen MR) is 75.7 cm³/mol. The molecule has 0 aliphatic carbocycles. The van der Waals surface area contributed by atoms with Crippen LogP contribution in [-0.4, -0.2) is 31.6 Å². The maximum atomic E-state index is 10.3. The van der Waals surface area contributed by atoms with Crippen LogP contribution in [0.4, 0.5) is 0 Å². The fraction of sp³-hybridized carbons (Fsp3) is 0.200. The lowest BCUT2D eigenvalue weighted by Crippen LogP contribution is -2.55. The second-order valence-electron chi connectivity index (χ2n) is 5.26. The average molecular weight is 305 g/mol. The van der Waals surface area contributed by atoms with E-state index in [0.29, 0.717) is 5.56 Å². The van der Waals surface area contributed by atoms with Gasteiger partial charge in [-0.3, -0.25) is 5.73 Å². The first kappa shape index (κ1) is 14.3.